The lowest BCUT2D eigenvalue weighted by Crippen LogP contribution is -2.23. The number of benzene rings is 1. The van der Waals surface area contributed by atoms with Gasteiger partial charge in [-0.3, -0.25) is 0 Å². The number of nitrogens with zero attached hydrogens (tertiary/aromatic N) is 1. The van der Waals surface area contributed by atoms with E-state index in [1.165, 1.54) is 12.8 Å². The van der Waals surface area contributed by atoms with E-state index < -0.39 is 0 Å². The van der Waals surface area contributed by atoms with E-state index >= 15 is 0 Å². The first-order chi connectivity index (χ1) is 9.10. The second-order valence-corrected chi connectivity index (χ2v) is 5.83. The summed E-state index contributed by atoms with van der Waals surface area (Å²) in [6, 6.07) is 6.06. The zero-order valence-corrected chi connectivity index (χ0v) is 12.2. The van der Waals surface area contributed by atoms with Crippen LogP contribution in [0.3, 0.4) is 0 Å². The minimum atomic E-state index is -0.0835. The molecule has 0 amide bonds. The number of nitrogens with one attached hydrogen (secondary N) is 1. The molecule has 1 saturated heterocycles. The number of hydrogen-bond acceptors (Lipinski definition) is 2. The maximum absolute atomic E-state index is 14.2. The minimum Gasteiger partial charge on any atom is -0.369 e. The summed E-state index contributed by atoms with van der Waals surface area (Å²) >= 11 is 0. The summed E-state index contributed by atoms with van der Waals surface area (Å²) in [5.74, 6) is 0.640. The first kappa shape index (κ1) is 14.3. The molecule has 106 valence electrons. The van der Waals surface area contributed by atoms with Crippen LogP contribution in [-0.4, -0.2) is 19.1 Å². The third kappa shape index (κ3) is 3.69. The summed E-state index contributed by atoms with van der Waals surface area (Å²) in [4.78, 5) is 2.18. The van der Waals surface area contributed by atoms with E-state index in [0.717, 1.165) is 36.8 Å². The van der Waals surface area contributed by atoms with Gasteiger partial charge in [0.25, 0.3) is 0 Å². The quantitative estimate of drug-likeness (QED) is 0.874. The third-order valence-corrected chi connectivity index (χ3v) is 3.93. The molecule has 1 N–H and O–H groups in total. The Bertz CT molecular complexity index is 417. The summed E-state index contributed by atoms with van der Waals surface area (Å²) < 4.78 is 14.2. The summed E-state index contributed by atoms with van der Waals surface area (Å²) in [6.07, 6.45) is 2.38. The Hall–Kier alpha value is -1.09. The fourth-order valence-electron chi connectivity index (χ4n) is 2.62. The molecule has 1 unspecified atom stereocenters. The smallest absolute Gasteiger partial charge is 0.146 e. The highest BCUT2D eigenvalue weighted by Crippen LogP contribution is 2.28. The Morgan fingerprint density at radius 2 is 2.21 bits per heavy atom. The average molecular weight is 264 g/mol. The van der Waals surface area contributed by atoms with Gasteiger partial charge in [0.05, 0.1) is 5.69 Å². The summed E-state index contributed by atoms with van der Waals surface area (Å²) in [7, 11) is 0. The molecule has 1 aromatic rings. The van der Waals surface area contributed by atoms with Gasteiger partial charge in [-0.15, -0.1) is 0 Å². The Morgan fingerprint density at radius 3 is 2.79 bits per heavy atom. The number of rotatable bonds is 5. The molecule has 2 rings (SSSR count). The van der Waals surface area contributed by atoms with Gasteiger partial charge in [0.15, 0.2) is 0 Å². The van der Waals surface area contributed by atoms with Crippen molar-refractivity contribution in [2.75, 3.05) is 18.0 Å². The van der Waals surface area contributed by atoms with Crippen molar-refractivity contribution in [3.05, 3.63) is 29.6 Å². The summed E-state index contributed by atoms with van der Waals surface area (Å²) in [5, 5.41) is 3.31. The van der Waals surface area contributed by atoms with E-state index in [2.05, 4.69) is 31.0 Å². The van der Waals surface area contributed by atoms with Crippen molar-refractivity contribution < 1.29 is 4.39 Å². The van der Waals surface area contributed by atoms with Crippen LogP contribution in [-0.2, 0) is 6.54 Å². The molecule has 0 bridgehead atoms. The molecular formula is C16H25FN2. The Balaban J connectivity index is 2.03. The van der Waals surface area contributed by atoms with Crippen LogP contribution in [0.4, 0.5) is 10.1 Å². The molecule has 1 aliphatic rings. The van der Waals surface area contributed by atoms with Crippen molar-refractivity contribution in [2.45, 2.75) is 46.2 Å². The maximum Gasteiger partial charge on any atom is 0.146 e. The van der Waals surface area contributed by atoms with Crippen LogP contribution in [0.2, 0.25) is 0 Å². The van der Waals surface area contributed by atoms with Crippen LogP contribution >= 0.6 is 0 Å². The Kier molecular flexibility index (Phi) is 4.81. The van der Waals surface area contributed by atoms with E-state index in [-0.39, 0.29) is 5.82 Å². The van der Waals surface area contributed by atoms with Crippen LogP contribution in [0, 0.1) is 11.7 Å². The lowest BCUT2D eigenvalue weighted by molar-refractivity contribution is 0.566. The number of anilines is 1. The van der Waals surface area contributed by atoms with Crippen LogP contribution in [0.25, 0.3) is 0 Å². The molecule has 0 radical (unpaired) electrons. The molecule has 0 spiro atoms. The molecule has 0 saturated carbocycles. The highest BCUT2D eigenvalue weighted by Gasteiger charge is 2.23. The van der Waals surface area contributed by atoms with Gasteiger partial charge in [-0.25, -0.2) is 4.39 Å². The Labute approximate surface area is 116 Å². The van der Waals surface area contributed by atoms with Gasteiger partial charge in [-0.05, 0) is 30.0 Å². The Morgan fingerprint density at radius 1 is 1.42 bits per heavy atom. The third-order valence-electron chi connectivity index (χ3n) is 3.93. The van der Waals surface area contributed by atoms with E-state index in [9.17, 15) is 4.39 Å². The highest BCUT2D eigenvalue weighted by molar-refractivity contribution is 5.50. The summed E-state index contributed by atoms with van der Waals surface area (Å²) in [6.45, 7) is 9.12. The van der Waals surface area contributed by atoms with Crippen LogP contribution in [0.15, 0.2) is 18.2 Å². The van der Waals surface area contributed by atoms with Crippen molar-refractivity contribution >= 4 is 5.69 Å². The van der Waals surface area contributed by atoms with Gasteiger partial charge in [0.1, 0.15) is 5.82 Å². The van der Waals surface area contributed by atoms with Crippen molar-refractivity contribution in [1.29, 1.82) is 0 Å². The van der Waals surface area contributed by atoms with Crippen LogP contribution < -0.4 is 10.2 Å². The van der Waals surface area contributed by atoms with E-state index in [1.54, 1.807) is 6.07 Å². The zero-order valence-electron chi connectivity index (χ0n) is 12.2. The minimum absolute atomic E-state index is 0.0835. The molecular weight excluding hydrogens is 239 g/mol. The van der Waals surface area contributed by atoms with Gasteiger partial charge in [-0.2, -0.15) is 0 Å². The topological polar surface area (TPSA) is 15.3 Å². The molecule has 19 heavy (non-hydrogen) atoms. The SMILES string of the molecule is CCC1CCN(c2ccc(CNC(C)C)cc2F)C1. The fourth-order valence-corrected chi connectivity index (χ4v) is 2.62. The second kappa shape index (κ2) is 6.38. The number of halogens is 1. The molecule has 2 nitrogen and oxygen atoms in total. The lowest BCUT2D eigenvalue weighted by atomic mass is 10.1. The van der Waals surface area contributed by atoms with Gasteiger partial charge < -0.3 is 10.2 Å². The van der Waals surface area contributed by atoms with Gasteiger partial charge >= 0.3 is 0 Å². The molecule has 0 aromatic heterocycles. The molecule has 1 fully saturated rings. The van der Waals surface area contributed by atoms with Crippen molar-refractivity contribution in [2.24, 2.45) is 5.92 Å². The number of hydrogen-bond donors (Lipinski definition) is 1. The van der Waals surface area contributed by atoms with Crippen LogP contribution in [0.1, 0.15) is 39.2 Å². The molecule has 1 heterocycles. The first-order valence-corrected chi connectivity index (χ1v) is 7.37. The standard InChI is InChI=1S/C16H25FN2/c1-4-13-7-8-19(11-13)16-6-5-14(9-15(16)17)10-18-12(2)3/h5-6,9,12-13,18H,4,7-8,10-11H2,1-3H3. The normalized spacial score (nSPS) is 19.4. The fraction of sp³-hybridized carbons (Fsp3) is 0.625. The molecule has 1 aliphatic heterocycles. The van der Waals surface area contributed by atoms with Gasteiger partial charge in [0, 0.05) is 25.7 Å². The van der Waals surface area contributed by atoms with Crippen LogP contribution in [0.5, 0.6) is 0 Å². The predicted octanol–water partition coefficient (Wildman–Crippen LogP) is 3.56. The summed E-state index contributed by atoms with van der Waals surface area (Å²) in [5.41, 5.74) is 1.78. The van der Waals surface area contributed by atoms with Gasteiger partial charge in [-0.1, -0.05) is 33.3 Å². The second-order valence-electron chi connectivity index (χ2n) is 5.83. The zero-order chi connectivity index (χ0) is 13.8. The largest absolute Gasteiger partial charge is 0.369 e. The molecule has 3 heteroatoms. The van der Waals surface area contributed by atoms with Crippen molar-refractivity contribution in [3.8, 4) is 0 Å². The molecule has 0 aliphatic carbocycles. The maximum atomic E-state index is 14.2. The van der Waals surface area contributed by atoms with E-state index in [1.807, 2.05) is 12.1 Å². The monoisotopic (exact) mass is 264 g/mol. The van der Waals surface area contributed by atoms with E-state index in [0.29, 0.717) is 6.04 Å². The van der Waals surface area contributed by atoms with E-state index in [4.69, 9.17) is 0 Å². The highest BCUT2D eigenvalue weighted by atomic mass is 19.1. The van der Waals surface area contributed by atoms with Crippen molar-refractivity contribution in [1.82, 2.24) is 5.32 Å². The molecule has 1 atom stereocenters. The predicted molar refractivity (Wildman–Crippen MR) is 79.0 cm³/mol. The average Bonchev–Trinajstić information content (AvgIpc) is 2.85. The van der Waals surface area contributed by atoms with Crippen molar-refractivity contribution in [3.63, 3.8) is 0 Å². The first-order valence-electron chi connectivity index (χ1n) is 7.37. The van der Waals surface area contributed by atoms with Gasteiger partial charge in [0.2, 0.25) is 0 Å². The molecule has 1 aromatic carbocycles. The lowest BCUT2D eigenvalue weighted by Gasteiger charge is -2.20.